The van der Waals surface area contributed by atoms with Crippen molar-refractivity contribution < 1.29 is 9.47 Å². The molecule has 5 heteroatoms. The minimum absolute atomic E-state index is 0.0788. The molecule has 2 aromatic carbocycles. The van der Waals surface area contributed by atoms with Crippen molar-refractivity contribution >= 4 is 17.3 Å². The predicted octanol–water partition coefficient (Wildman–Crippen LogP) is 4.25. The van der Waals surface area contributed by atoms with Crippen LogP contribution >= 0.6 is 11.6 Å². The van der Waals surface area contributed by atoms with Crippen LogP contribution in [-0.2, 0) is 4.74 Å². The molecule has 0 aromatic heterocycles. The Morgan fingerprint density at radius 1 is 1.00 bits per heavy atom. The minimum Gasteiger partial charge on any atom is -0.495 e. The summed E-state index contributed by atoms with van der Waals surface area (Å²) in [6.07, 6.45) is 0.0788. The number of anilines is 1. The molecular formula is C21H27ClN2O2. The van der Waals surface area contributed by atoms with E-state index in [-0.39, 0.29) is 6.10 Å². The lowest BCUT2D eigenvalue weighted by Gasteiger charge is -2.38. The summed E-state index contributed by atoms with van der Waals surface area (Å²) in [6, 6.07) is 16.2. The zero-order chi connectivity index (χ0) is 18.4. The summed E-state index contributed by atoms with van der Waals surface area (Å²) in [7, 11) is 1.73. The number of nitrogens with zero attached hydrogens (tertiary/aromatic N) is 2. The average molecular weight is 375 g/mol. The Labute approximate surface area is 161 Å². The SMILES string of the molecule is CCOC(CN1CCN(c2ccccc2OC)CC1)c1ccc(Cl)cc1. The summed E-state index contributed by atoms with van der Waals surface area (Å²) in [5, 5.41) is 0.759. The molecule has 1 atom stereocenters. The lowest BCUT2D eigenvalue weighted by Crippen LogP contribution is -2.47. The van der Waals surface area contributed by atoms with Gasteiger partial charge in [0.05, 0.1) is 18.9 Å². The Balaban J connectivity index is 1.60. The Bertz CT molecular complexity index is 685. The van der Waals surface area contributed by atoms with Crippen LogP contribution in [0.25, 0.3) is 0 Å². The van der Waals surface area contributed by atoms with Gasteiger partial charge in [0, 0.05) is 44.4 Å². The first-order valence-corrected chi connectivity index (χ1v) is 9.56. The first-order chi connectivity index (χ1) is 12.7. The normalized spacial score (nSPS) is 16.5. The van der Waals surface area contributed by atoms with Crippen LogP contribution in [0, 0.1) is 0 Å². The molecule has 0 saturated carbocycles. The van der Waals surface area contributed by atoms with E-state index < -0.39 is 0 Å². The fourth-order valence-corrected chi connectivity index (χ4v) is 3.56. The molecule has 140 valence electrons. The van der Waals surface area contributed by atoms with Gasteiger partial charge in [-0.25, -0.2) is 0 Å². The van der Waals surface area contributed by atoms with Gasteiger partial charge in [0.1, 0.15) is 5.75 Å². The third kappa shape index (κ3) is 4.70. The molecule has 1 aliphatic heterocycles. The number of hydrogen-bond acceptors (Lipinski definition) is 4. The summed E-state index contributed by atoms with van der Waals surface area (Å²) in [5.74, 6) is 0.939. The summed E-state index contributed by atoms with van der Waals surface area (Å²) >= 11 is 6.02. The summed E-state index contributed by atoms with van der Waals surface area (Å²) in [6.45, 7) is 7.64. The lowest BCUT2D eigenvalue weighted by molar-refractivity contribution is 0.0311. The minimum atomic E-state index is 0.0788. The Kier molecular flexibility index (Phi) is 6.78. The van der Waals surface area contributed by atoms with Crippen LogP contribution in [0.4, 0.5) is 5.69 Å². The smallest absolute Gasteiger partial charge is 0.142 e. The average Bonchev–Trinajstić information content (AvgIpc) is 2.69. The molecular weight excluding hydrogens is 348 g/mol. The van der Waals surface area contributed by atoms with E-state index in [1.165, 1.54) is 11.3 Å². The Morgan fingerprint density at radius 3 is 2.35 bits per heavy atom. The van der Waals surface area contributed by atoms with Crippen molar-refractivity contribution in [3.05, 3.63) is 59.1 Å². The number of ether oxygens (including phenoxy) is 2. The molecule has 1 fully saturated rings. The van der Waals surface area contributed by atoms with E-state index >= 15 is 0 Å². The second-order valence-corrected chi connectivity index (χ2v) is 6.89. The quantitative estimate of drug-likeness (QED) is 0.723. The van der Waals surface area contributed by atoms with Gasteiger partial charge in [-0.2, -0.15) is 0 Å². The van der Waals surface area contributed by atoms with Crippen LogP contribution < -0.4 is 9.64 Å². The molecule has 0 bridgehead atoms. The molecule has 26 heavy (non-hydrogen) atoms. The van der Waals surface area contributed by atoms with Gasteiger partial charge in [0.15, 0.2) is 0 Å². The monoisotopic (exact) mass is 374 g/mol. The van der Waals surface area contributed by atoms with Crippen molar-refractivity contribution in [1.29, 1.82) is 0 Å². The second-order valence-electron chi connectivity index (χ2n) is 6.46. The second kappa shape index (κ2) is 9.26. The lowest BCUT2D eigenvalue weighted by atomic mass is 10.1. The molecule has 1 heterocycles. The number of methoxy groups -OCH3 is 1. The Morgan fingerprint density at radius 2 is 1.69 bits per heavy atom. The van der Waals surface area contributed by atoms with Gasteiger partial charge in [-0.15, -0.1) is 0 Å². The number of rotatable bonds is 7. The maximum absolute atomic E-state index is 6.02. The van der Waals surface area contributed by atoms with Crippen molar-refractivity contribution in [2.24, 2.45) is 0 Å². The highest BCUT2D eigenvalue weighted by molar-refractivity contribution is 6.30. The van der Waals surface area contributed by atoms with Gasteiger partial charge in [-0.1, -0.05) is 35.9 Å². The number of halogens is 1. The van der Waals surface area contributed by atoms with Crippen molar-refractivity contribution in [2.45, 2.75) is 13.0 Å². The van der Waals surface area contributed by atoms with Crippen LogP contribution in [0.15, 0.2) is 48.5 Å². The third-order valence-corrected chi connectivity index (χ3v) is 5.08. The number of benzene rings is 2. The standard InChI is InChI=1S/C21H27ClN2O2/c1-3-26-21(17-8-10-18(22)11-9-17)16-23-12-14-24(15-13-23)19-6-4-5-7-20(19)25-2/h4-11,21H,3,12-16H2,1-2H3. The maximum atomic E-state index is 6.02. The van der Waals surface area contributed by atoms with Crippen molar-refractivity contribution in [3.8, 4) is 5.75 Å². The van der Waals surface area contributed by atoms with E-state index in [0.29, 0.717) is 6.61 Å². The molecule has 4 nitrogen and oxygen atoms in total. The fourth-order valence-electron chi connectivity index (χ4n) is 3.43. The molecule has 3 rings (SSSR count). The summed E-state index contributed by atoms with van der Waals surface area (Å²) in [4.78, 5) is 4.87. The van der Waals surface area contributed by atoms with Gasteiger partial charge in [-0.3, -0.25) is 4.90 Å². The van der Waals surface area contributed by atoms with Crippen LogP contribution in [0.2, 0.25) is 5.02 Å². The van der Waals surface area contributed by atoms with Crippen LogP contribution in [0.1, 0.15) is 18.6 Å². The van der Waals surface area contributed by atoms with E-state index in [1.54, 1.807) is 7.11 Å². The van der Waals surface area contributed by atoms with Gasteiger partial charge < -0.3 is 14.4 Å². The summed E-state index contributed by atoms with van der Waals surface area (Å²) in [5.41, 5.74) is 2.36. The van der Waals surface area contributed by atoms with E-state index in [1.807, 2.05) is 31.2 Å². The van der Waals surface area contributed by atoms with E-state index in [2.05, 4.69) is 34.1 Å². The summed E-state index contributed by atoms with van der Waals surface area (Å²) < 4.78 is 11.5. The van der Waals surface area contributed by atoms with Crippen molar-refractivity contribution in [1.82, 2.24) is 4.90 Å². The van der Waals surface area contributed by atoms with E-state index in [9.17, 15) is 0 Å². The maximum Gasteiger partial charge on any atom is 0.142 e. The molecule has 0 aliphatic carbocycles. The van der Waals surface area contributed by atoms with Crippen molar-refractivity contribution in [2.75, 3.05) is 51.3 Å². The van der Waals surface area contributed by atoms with Crippen LogP contribution in [0.5, 0.6) is 5.75 Å². The number of hydrogen-bond donors (Lipinski definition) is 0. The van der Waals surface area contributed by atoms with Gasteiger partial charge >= 0.3 is 0 Å². The van der Waals surface area contributed by atoms with Gasteiger partial charge in [-0.05, 0) is 36.8 Å². The van der Waals surface area contributed by atoms with Gasteiger partial charge in [0.25, 0.3) is 0 Å². The Hall–Kier alpha value is -1.75. The predicted molar refractivity (Wildman–Crippen MR) is 107 cm³/mol. The molecule has 0 amide bonds. The highest BCUT2D eigenvalue weighted by Gasteiger charge is 2.22. The molecule has 0 spiro atoms. The molecule has 0 N–H and O–H groups in total. The molecule has 1 unspecified atom stereocenters. The zero-order valence-corrected chi connectivity index (χ0v) is 16.3. The number of para-hydroxylation sites is 2. The van der Waals surface area contributed by atoms with Gasteiger partial charge in [0.2, 0.25) is 0 Å². The topological polar surface area (TPSA) is 24.9 Å². The fraction of sp³-hybridized carbons (Fsp3) is 0.429. The highest BCUT2D eigenvalue weighted by atomic mass is 35.5. The third-order valence-electron chi connectivity index (χ3n) is 4.83. The first kappa shape index (κ1) is 19.0. The number of piperazine rings is 1. The van der Waals surface area contributed by atoms with Crippen LogP contribution in [0.3, 0.4) is 0 Å². The van der Waals surface area contributed by atoms with Crippen molar-refractivity contribution in [3.63, 3.8) is 0 Å². The molecule has 0 radical (unpaired) electrons. The molecule has 2 aromatic rings. The first-order valence-electron chi connectivity index (χ1n) is 9.18. The van der Waals surface area contributed by atoms with E-state index in [0.717, 1.165) is 43.5 Å². The highest BCUT2D eigenvalue weighted by Crippen LogP contribution is 2.29. The molecule has 1 aliphatic rings. The molecule has 1 saturated heterocycles. The largest absolute Gasteiger partial charge is 0.495 e. The van der Waals surface area contributed by atoms with E-state index in [4.69, 9.17) is 21.1 Å². The zero-order valence-electron chi connectivity index (χ0n) is 15.5. The van der Waals surface area contributed by atoms with Crippen LogP contribution in [-0.4, -0.2) is 51.3 Å².